The highest BCUT2D eigenvalue weighted by molar-refractivity contribution is 7.26. The van der Waals surface area contributed by atoms with Crippen LogP contribution in [-0.2, 0) is 0 Å². The lowest BCUT2D eigenvalue weighted by Gasteiger charge is -2.30. The first-order valence-corrected chi connectivity index (χ1v) is 21.5. The molecule has 0 atom stereocenters. The highest BCUT2D eigenvalue weighted by Crippen LogP contribution is 2.52. The lowest BCUT2D eigenvalue weighted by molar-refractivity contribution is 1.27. The monoisotopic (exact) mass is 791 g/mol. The molecule has 2 heterocycles. The quantitative estimate of drug-likeness (QED) is 0.144. The number of nitrogens with zero attached hydrogens (tertiary/aromatic N) is 3. The van der Waals surface area contributed by atoms with Gasteiger partial charge >= 0.3 is 0 Å². The zero-order valence-corrected chi connectivity index (χ0v) is 33.7. The van der Waals surface area contributed by atoms with Gasteiger partial charge in [0.25, 0.3) is 0 Å². The maximum Gasteiger partial charge on any atom is 0.0661 e. The fourth-order valence-corrected chi connectivity index (χ4v) is 10.7. The van der Waals surface area contributed by atoms with Gasteiger partial charge in [-0.15, -0.1) is 22.7 Å². The summed E-state index contributed by atoms with van der Waals surface area (Å²) in [4.78, 5) is 7.25. The van der Waals surface area contributed by atoms with Crippen LogP contribution >= 0.6 is 22.7 Å². The van der Waals surface area contributed by atoms with Crippen molar-refractivity contribution in [2.75, 3.05) is 14.7 Å². The minimum atomic E-state index is 1.08. The number of thiophene rings is 2. The van der Waals surface area contributed by atoms with Gasteiger partial charge in [-0.25, -0.2) is 0 Å². The molecule has 0 fully saturated rings. The zero-order valence-electron chi connectivity index (χ0n) is 32.0. The number of para-hydroxylation sites is 5. The Labute approximate surface area is 351 Å². The number of anilines is 9. The lowest BCUT2D eigenvalue weighted by atomic mass is 10.0. The third-order valence-corrected chi connectivity index (χ3v) is 13.3. The molecule has 11 aromatic rings. The van der Waals surface area contributed by atoms with Gasteiger partial charge in [-0.3, -0.25) is 0 Å². The van der Waals surface area contributed by atoms with Crippen molar-refractivity contribution >= 4 is 114 Å². The molecule has 2 aromatic heterocycles. The van der Waals surface area contributed by atoms with Crippen LogP contribution in [0.15, 0.2) is 224 Å². The van der Waals surface area contributed by atoms with E-state index in [0.717, 1.165) is 51.2 Å². The van der Waals surface area contributed by atoms with Crippen LogP contribution in [0.2, 0.25) is 0 Å². The smallest absolute Gasteiger partial charge is 0.0661 e. The summed E-state index contributed by atoms with van der Waals surface area (Å²) in [7, 11) is 0. The maximum atomic E-state index is 2.43. The van der Waals surface area contributed by atoms with Crippen molar-refractivity contribution in [1.82, 2.24) is 0 Å². The third kappa shape index (κ3) is 6.29. The van der Waals surface area contributed by atoms with E-state index in [2.05, 4.69) is 239 Å². The molecule has 0 saturated heterocycles. The normalized spacial score (nSPS) is 11.4. The Morgan fingerprint density at radius 2 is 0.729 bits per heavy atom. The molecule has 0 spiro atoms. The number of hydrogen-bond donors (Lipinski definition) is 0. The van der Waals surface area contributed by atoms with Crippen molar-refractivity contribution in [2.45, 2.75) is 0 Å². The average molecular weight is 792 g/mol. The molecule has 0 amide bonds. The molecule has 0 radical (unpaired) electrons. The molecule has 3 nitrogen and oxygen atoms in total. The molecule has 0 bridgehead atoms. The van der Waals surface area contributed by atoms with E-state index in [1.807, 2.05) is 22.7 Å². The van der Waals surface area contributed by atoms with E-state index < -0.39 is 0 Å². The molecular weight excluding hydrogens is 755 g/mol. The Balaban J connectivity index is 1.24. The predicted octanol–water partition coefficient (Wildman–Crippen LogP) is 16.8. The molecule has 9 aromatic carbocycles. The Morgan fingerprint density at radius 3 is 1.31 bits per heavy atom. The standard InChI is InChI=1S/C54H37N3S2/c1-6-19-38(20-7-1)55(43-33-34-46-45-29-16-17-31-50(45)58-52(46)37-43)44-35-47-53-48(56(39-21-8-2-9-22-39)40-23-10-3-11-24-40)30-18-32-51(53)59-54(47)49(36-44)57(41-25-12-4-13-26-41)42-27-14-5-15-28-42/h1-37H. The molecule has 0 saturated carbocycles. The second-order valence-corrected chi connectivity index (χ2v) is 16.7. The summed E-state index contributed by atoms with van der Waals surface area (Å²) >= 11 is 3.71. The Bertz CT molecular complexity index is 3140. The molecule has 0 aliphatic carbocycles. The van der Waals surface area contributed by atoms with Crippen molar-refractivity contribution in [3.63, 3.8) is 0 Å². The first-order valence-electron chi connectivity index (χ1n) is 19.8. The summed E-state index contributed by atoms with van der Waals surface area (Å²) in [6.45, 7) is 0. The largest absolute Gasteiger partial charge is 0.310 e. The predicted molar refractivity (Wildman–Crippen MR) is 256 cm³/mol. The highest BCUT2D eigenvalue weighted by atomic mass is 32.1. The summed E-state index contributed by atoms with van der Waals surface area (Å²) < 4.78 is 5.02. The fourth-order valence-electron chi connectivity index (χ4n) is 8.40. The third-order valence-electron chi connectivity index (χ3n) is 11.0. The van der Waals surface area contributed by atoms with E-state index >= 15 is 0 Å². The van der Waals surface area contributed by atoms with E-state index in [-0.39, 0.29) is 0 Å². The molecule has 0 unspecified atom stereocenters. The van der Waals surface area contributed by atoms with E-state index in [4.69, 9.17) is 0 Å². The molecular formula is C54H37N3S2. The van der Waals surface area contributed by atoms with Crippen molar-refractivity contribution < 1.29 is 0 Å². The molecule has 11 rings (SSSR count). The SMILES string of the molecule is c1ccc(N(c2ccc3c(c2)sc2ccccc23)c2cc(N(c3ccccc3)c3ccccc3)c3sc4cccc(N(c5ccccc5)c5ccccc5)c4c3c2)cc1. The van der Waals surface area contributed by atoms with Crippen LogP contribution in [0.5, 0.6) is 0 Å². The van der Waals surface area contributed by atoms with E-state index in [1.54, 1.807) is 0 Å². The van der Waals surface area contributed by atoms with Crippen molar-refractivity contribution in [3.05, 3.63) is 224 Å². The van der Waals surface area contributed by atoms with Crippen LogP contribution in [-0.4, -0.2) is 0 Å². The molecule has 0 aliphatic heterocycles. The Kier molecular flexibility index (Phi) is 8.88. The van der Waals surface area contributed by atoms with Crippen LogP contribution in [0.1, 0.15) is 0 Å². The molecule has 59 heavy (non-hydrogen) atoms. The first kappa shape index (κ1) is 35.0. The number of benzene rings is 9. The molecule has 5 heteroatoms. The Hall–Kier alpha value is -7.18. The second kappa shape index (κ2) is 15.0. The van der Waals surface area contributed by atoms with Crippen LogP contribution in [0.25, 0.3) is 40.3 Å². The number of rotatable bonds is 9. The average Bonchev–Trinajstić information content (AvgIpc) is 3.87. The van der Waals surface area contributed by atoms with Gasteiger partial charge in [0.1, 0.15) is 0 Å². The zero-order chi connectivity index (χ0) is 39.1. The van der Waals surface area contributed by atoms with Crippen LogP contribution in [0, 0.1) is 0 Å². The molecule has 280 valence electrons. The summed E-state index contributed by atoms with van der Waals surface area (Å²) in [5.41, 5.74) is 9.97. The topological polar surface area (TPSA) is 9.72 Å². The summed E-state index contributed by atoms with van der Waals surface area (Å²) in [5.74, 6) is 0. The van der Waals surface area contributed by atoms with Crippen LogP contribution in [0.4, 0.5) is 51.2 Å². The Morgan fingerprint density at radius 1 is 0.254 bits per heavy atom. The van der Waals surface area contributed by atoms with Gasteiger partial charge in [0.2, 0.25) is 0 Å². The summed E-state index contributed by atoms with van der Waals surface area (Å²) in [5, 5.41) is 5.00. The van der Waals surface area contributed by atoms with E-state index in [9.17, 15) is 0 Å². The lowest BCUT2D eigenvalue weighted by Crippen LogP contribution is -2.13. The molecule has 0 N–H and O–H groups in total. The van der Waals surface area contributed by atoms with E-state index in [1.165, 1.54) is 40.3 Å². The van der Waals surface area contributed by atoms with Gasteiger partial charge in [-0.2, -0.15) is 0 Å². The minimum Gasteiger partial charge on any atom is -0.310 e. The van der Waals surface area contributed by atoms with Gasteiger partial charge in [0, 0.05) is 75.5 Å². The van der Waals surface area contributed by atoms with E-state index in [0.29, 0.717) is 0 Å². The minimum absolute atomic E-state index is 1.08. The molecule has 0 aliphatic rings. The van der Waals surface area contributed by atoms with Crippen LogP contribution in [0.3, 0.4) is 0 Å². The summed E-state index contributed by atoms with van der Waals surface area (Å²) in [6, 6.07) is 81.0. The van der Waals surface area contributed by atoms with Crippen molar-refractivity contribution in [2.24, 2.45) is 0 Å². The fraction of sp³-hybridized carbons (Fsp3) is 0. The highest BCUT2D eigenvalue weighted by Gasteiger charge is 2.25. The van der Waals surface area contributed by atoms with Crippen LogP contribution < -0.4 is 14.7 Å². The van der Waals surface area contributed by atoms with Gasteiger partial charge in [0.05, 0.1) is 16.1 Å². The van der Waals surface area contributed by atoms with Gasteiger partial charge in [0.15, 0.2) is 0 Å². The number of hydrogen-bond acceptors (Lipinski definition) is 5. The van der Waals surface area contributed by atoms with Gasteiger partial charge in [-0.1, -0.05) is 121 Å². The van der Waals surface area contributed by atoms with Crippen molar-refractivity contribution in [1.29, 1.82) is 0 Å². The van der Waals surface area contributed by atoms with Crippen molar-refractivity contribution in [3.8, 4) is 0 Å². The van der Waals surface area contributed by atoms with Gasteiger partial charge < -0.3 is 14.7 Å². The van der Waals surface area contributed by atoms with Gasteiger partial charge in [-0.05, 0) is 103 Å². The first-order chi connectivity index (χ1) is 29.3. The maximum absolute atomic E-state index is 2.43. The second-order valence-electron chi connectivity index (χ2n) is 14.6. The summed E-state index contributed by atoms with van der Waals surface area (Å²) in [6.07, 6.45) is 0. The number of fused-ring (bicyclic) bond motifs is 6.